The summed E-state index contributed by atoms with van der Waals surface area (Å²) < 4.78 is 6.56. The summed E-state index contributed by atoms with van der Waals surface area (Å²) >= 11 is 0. The lowest BCUT2D eigenvalue weighted by Crippen LogP contribution is -2.52. The molecule has 0 bridgehead atoms. The Morgan fingerprint density at radius 2 is 1.71 bits per heavy atom. The lowest BCUT2D eigenvalue weighted by Gasteiger charge is -2.47. The Bertz CT molecular complexity index is 1030. The molecule has 0 aliphatic carbocycles. The second kappa shape index (κ2) is 8.38. The van der Waals surface area contributed by atoms with Crippen molar-refractivity contribution in [3.05, 3.63) is 84.2 Å². The Morgan fingerprint density at radius 3 is 2.48 bits per heavy atom. The van der Waals surface area contributed by atoms with Crippen molar-refractivity contribution in [3.63, 3.8) is 0 Å². The van der Waals surface area contributed by atoms with E-state index in [4.69, 9.17) is 4.74 Å². The van der Waals surface area contributed by atoms with Gasteiger partial charge >= 0.3 is 0 Å². The first-order chi connectivity index (χ1) is 15.2. The summed E-state index contributed by atoms with van der Waals surface area (Å²) in [4.78, 5) is 23.8. The third-order valence-corrected chi connectivity index (χ3v) is 6.25. The third-order valence-electron chi connectivity index (χ3n) is 6.25. The van der Waals surface area contributed by atoms with E-state index < -0.39 is 0 Å². The maximum atomic E-state index is 12.8. The van der Waals surface area contributed by atoms with Crippen LogP contribution in [-0.4, -0.2) is 34.6 Å². The normalized spacial score (nSPS) is 19.4. The number of rotatable bonds is 4. The van der Waals surface area contributed by atoms with Gasteiger partial charge in [-0.1, -0.05) is 48.5 Å². The molecule has 1 aromatic heterocycles. The molecule has 1 atom stereocenters. The van der Waals surface area contributed by atoms with Gasteiger partial charge in [-0.3, -0.25) is 4.79 Å². The number of ether oxygens (including phenoxy) is 1. The van der Waals surface area contributed by atoms with Gasteiger partial charge in [-0.05, 0) is 17.7 Å². The van der Waals surface area contributed by atoms with Gasteiger partial charge < -0.3 is 15.0 Å². The van der Waals surface area contributed by atoms with E-state index in [-0.39, 0.29) is 17.6 Å². The molecule has 6 heteroatoms. The molecule has 1 amide bonds. The molecule has 158 valence electrons. The van der Waals surface area contributed by atoms with Crippen molar-refractivity contribution in [2.45, 2.75) is 37.3 Å². The van der Waals surface area contributed by atoms with Gasteiger partial charge in [0.25, 0.3) is 0 Å². The van der Waals surface area contributed by atoms with Crippen molar-refractivity contribution in [1.29, 1.82) is 0 Å². The fourth-order valence-corrected chi connectivity index (χ4v) is 4.65. The minimum absolute atomic E-state index is 0.0400. The first kappa shape index (κ1) is 19.5. The van der Waals surface area contributed by atoms with E-state index in [0.29, 0.717) is 6.42 Å². The minimum Gasteiger partial charge on any atom is -0.487 e. The van der Waals surface area contributed by atoms with Gasteiger partial charge in [0.15, 0.2) is 0 Å². The van der Waals surface area contributed by atoms with Crippen molar-refractivity contribution < 1.29 is 9.53 Å². The smallest absolute Gasteiger partial charge is 0.225 e. The number of benzene rings is 2. The van der Waals surface area contributed by atoms with Crippen molar-refractivity contribution in [3.8, 4) is 5.75 Å². The predicted octanol–water partition coefficient (Wildman–Crippen LogP) is 3.70. The van der Waals surface area contributed by atoms with Gasteiger partial charge in [0, 0.05) is 50.3 Å². The lowest BCUT2D eigenvalue weighted by molar-refractivity contribution is -0.121. The van der Waals surface area contributed by atoms with Crippen LogP contribution in [-0.2, 0) is 11.2 Å². The van der Waals surface area contributed by atoms with E-state index >= 15 is 0 Å². The Balaban J connectivity index is 1.32. The molecule has 5 rings (SSSR count). The number of fused-ring (bicyclic) bond motifs is 1. The highest BCUT2D eigenvalue weighted by molar-refractivity contribution is 5.79. The van der Waals surface area contributed by atoms with Crippen molar-refractivity contribution in [1.82, 2.24) is 15.3 Å². The van der Waals surface area contributed by atoms with E-state index in [1.54, 1.807) is 12.4 Å². The minimum atomic E-state index is -0.287. The first-order valence-corrected chi connectivity index (χ1v) is 10.8. The highest BCUT2D eigenvalue weighted by atomic mass is 16.5. The average Bonchev–Trinajstić information content (AvgIpc) is 2.81. The number of carbonyl (C=O) groups excluding carboxylic acids is 1. The number of hydrogen-bond acceptors (Lipinski definition) is 5. The number of nitrogens with zero attached hydrogens (tertiary/aromatic N) is 3. The molecule has 0 radical (unpaired) electrons. The van der Waals surface area contributed by atoms with Crippen LogP contribution in [0.1, 0.15) is 36.4 Å². The van der Waals surface area contributed by atoms with E-state index in [0.717, 1.165) is 55.2 Å². The molecule has 1 unspecified atom stereocenters. The largest absolute Gasteiger partial charge is 0.487 e. The van der Waals surface area contributed by atoms with Crippen LogP contribution >= 0.6 is 0 Å². The van der Waals surface area contributed by atoms with E-state index in [9.17, 15) is 4.79 Å². The summed E-state index contributed by atoms with van der Waals surface area (Å²) in [6, 6.07) is 19.7. The number of para-hydroxylation sites is 1. The fraction of sp³-hybridized carbons (Fsp3) is 0.320. The van der Waals surface area contributed by atoms with Crippen LogP contribution < -0.4 is 15.0 Å². The molecule has 1 fully saturated rings. The quantitative estimate of drug-likeness (QED) is 0.705. The molecular weight excluding hydrogens is 388 g/mol. The molecule has 2 aliphatic rings. The molecule has 0 saturated carbocycles. The van der Waals surface area contributed by atoms with Crippen LogP contribution in [0.5, 0.6) is 5.75 Å². The van der Waals surface area contributed by atoms with Crippen LogP contribution in [0.15, 0.2) is 73.1 Å². The molecule has 3 aromatic rings. The fourth-order valence-electron chi connectivity index (χ4n) is 4.65. The number of carbonyl (C=O) groups is 1. The van der Waals surface area contributed by atoms with Gasteiger partial charge in [-0.25, -0.2) is 9.97 Å². The highest BCUT2D eigenvalue weighted by Crippen LogP contribution is 2.44. The summed E-state index contributed by atoms with van der Waals surface area (Å²) in [5.74, 6) is 1.68. The maximum absolute atomic E-state index is 12.8. The zero-order chi connectivity index (χ0) is 21.1. The molecule has 1 saturated heterocycles. The summed E-state index contributed by atoms with van der Waals surface area (Å²) in [7, 11) is 0. The molecule has 1 N–H and O–H groups in total. The van der Waals surface area contributed by atoms with Gasteiger partial charge in [-0.15, -0.1) is 0 Å². The van der Waals surface area contributed by atoms with Crippen molar-refractivity contribution >= 4 is 11.9 Å². The molecular formula is C25H26N4O2. The van der Waals surface area contributed by atoms with Crippen LogP contribution in [0.4, 0.5) is 5.95 Å². The Kier molecular flexibility index (Phi) is 5.28. The molecule has 2 aromatic carbocycles. The zero-order valence-corrected chi connectivity index (χ0v) is 17.4. The Morgan fingerprint density at radius 1 is 1.00 bits per heavy atom. The molecule has 31 heavy (non-hydrogen) atoms. The highest BCUT2D eigenvalue weighted by Gasteiger charge is 2.44. The summed E-state index contributed by atoms with van der Waals surface area (Å²) in [6.07, 6.45) is 6.44. The lowest BCUT2D eigenvalue weighted by atomic mass is 9.80. The number of aromatic nitrogens is 2. The summed E-state index contributed by atoms with van der Waals surface area (Å²) in [5.41, 5.74) is 1.79. The topological polar surface area (TPSA) is 67.4 Å². The standard InChI is InChI=1S/C25H26N4O2/c30-23(17-19-7-2-1-3-8-19)28-21-18-25(31-22-10-5-4-9-20(21)22)11-15-29(16-12-25)24-26-13-6-14-27-24/h1-10,13-14,21H,11-12,15-18H2,(H,28,30). The predicted molar refractivity (Wildman–Crippen MR) is 119 cm³/mol. The summed E-state index contributed by atoms with van der Waals surface area (Å²) in [6.45, 7) is 1.66. The van der Waals surface area contributed by atoms with Crippen LogP contribution in [0.2, 0.25) is 0 Å². The molecule has 6 nitrogen and oxygen atoms in total. The SMILES string of the molecule is O=C(Cc1ccccc1)NC1CC2(CCN(c3ncccn3)CC2)Oc2ccccc21. The van der Waals surface area contributed by atoms with Crippen LogP contribution in [0.3, 0.4) is 0 Å². The number of hydrogen-bond donors (Lipinski definition) is 1. The van der Waals surface area contributed by atoms with Gasteiger partial charge in [0.05, 0.1) is 12.5 Å². The van der Waals surface area contributed by atoms with Gasteiger partial charge in [-0.2, -0.15) is 0 Å². The van der Waals surface area contributed by atoms with Crippen LogP contribution in [0.25, 0.3) is 0 Å². The number of piperidine rings is 1. The molecule has 1 spiro atoms. The third kappa shape index (κ3) is 4.24. The van der Waals surface area contributed by atoms with Gasteiger partial charge in [0.1, 0.15) is 11.4 Å². The number of amides is 1. The van der Waals surface area contributed by atoms with E-state index in [2.05, 4.69) is 26.3 Å². The molecule has 3 heterocycles. The Labute approximate surface area is 182 Å². The first-order valence-electron chi connectivity index (χ1n) is 10.8. The van der Waals surface area contributed by atoms with Gasteiger partial charge in [0.2, 0.25) is 11.9 Å². The maximum Gasteiger partial charge on any atom is 0.225 e. The number of nitrogens with one attached hydrogen (secondary N) is 1. The van der Waals surface area contributed by atoms with Crippen LogP contribution in [0, 0.1) is 0 Å². The Hall–Kier alpha value is -3.41. The summed E-state index contributed by atoms with van der Waals surface area (Å²) in [5, 5.41) is 3.28. The second-order valence-electron chi connectivity index (χ2n) is 8.35. The molecule has 2 aliphatic heterocycles. The van der Waals surface area contributed by atoms with Crippen molar-refractivity contribution in [2.75, 3.05) is 18.0 Å². The average molecular weight is 415 g/mol. The zero-order valence-electron chi connectivity index (χ0n) is 17.4. The monoisotopic (exact) mass is 414 g/mol. The number of anilines is 1. The van der Waals surface area contributed by atoms with Crippen molar-refractivity contribution in [2.24, 2.45) is 0 Å². The second-order valence-corrected chi connectivity index (χ2v) is 8.35. The van der Waals surface area contributed by atoms with E-state index in [1.165, 1.54) is 0 Å². The van der Waals surface area contributed by atoms with E-state index in [1.807, 2.05) is 54.6 Å².